The van der Waals surface area contributed by atoms with E-state index in [0.29, 0.717) is 13.1 Å². The summed E-state index contributed by atoms with van der Waals surface area (Å²) in [6.07, 6.45) is 7.28. The number of hydrogen-bond donors (Lipinski definition) is 0. The van der Waals surface area contributed by atoms with Crippen LogP contribution in [0.25, 0.3) is 21.3 Å². The molecule has 2 aliphatic heterocycles. The zero-order chi connectivity index (χ0) is 27.3. The van der Waals surface area contributed by atoms with Gasteiger partial charge in [0.15, 0.2) is 0 Å². The summed E-state index contributed by atoms with van der Waals surface area (Å²) in [6.45, 7) is 8.04. The number of benzene rings is 1. The number of ether oxygens (including phenoxy) is 1. The van der Waals surface area contributed by atoms with E-state index in [9.17, 15) is 4.79 Å². The second-order valence-corrected chi connectivity index (χ2v) is 13.0. The number of fused-ring (bicyclic) bond motifs is 2. The maximum atomic E-state index is 12.8. The molecular formula is C29H33ClN6O2S. The van der Waals surface area contributed by atoms with Crippen LogP contribution in [0.5, 0.6) is 0 Å². The summed E-state index contributed by atoms with van der Waals surface area (Å²) in [5.41, 5.74) is 6.18. The predicted molar refractivity (Wildman–Crippen MR) is 156 cm³/mol. The highest BCUT2D eigenvalue weighted by molar-refractivity contribution is 7.19. The molecule has 0 N–H and O–H groups in total. The van der Waals surface area contributed by atoms with Crippen molar-refractivity contribution in [2.75, 3.05) is 24.5 Å². The molecule has 204 valence electrons. The molecule has 1 saturated heterocycles. The van der Waals surface area contributed by atoms with E-state index < -0.39 is 5.60 Å². The van der Waals surface area contributed by atoms with Gasteiger partial charge >= 0.3 is 6.09 Å². The first kappa shape index (κ1) is 26.1. The molecule has 0 aliphatic carbocycles. The molecule has 1 aromatic carbocycles. The minimum atomic E-state index is -0.504. The molecule has 6 rings (SSSR count). The molecule has 5 heterocycles. The summed E-state index contributed by atoms with van der Waals surface area (Å²) < 4.78 is 8.54. The molecular weight excluding hydrogens is 532 g/mol. The first-order chi connectivity index (χ1) is 18.6. The largest absolute Gasteiger partial charge is 0.444 e. The fraction of sp³-hybridized carbons (Fsp3) is 0.448. The Morgan fingerprint density at radius 3 is 2.82 bits per heavy atom. The SMILES string of the molecule is Cn1cc(Cc2cc3nccc(-c4cc(Cl)cc5c4N([C@H]4CCN(C(=O)OC(C)(C)C)C4)CCC5)c3s2)nn1. The number of likely N-dealkylation sites (tertiary alicyclic amines) is 1. The molecule has 39 heavy (non-hydrogen) atoms. The van der Waals surface area contributed by atoms with Crippen molar-refractivity contribution in [3.63, 3.8) is 0 Å². The fourth-order valence-electron chi connectivity index (χ4n) is 5.74. The van der Waals surface area contributed by atoms with Crippen LogP contribution in [-0.2, 0) is 24.6 Å². The summed E-state index contributed by atoms with van der Waals surface area (Å²) in [4.78, 5) is 23.0. The second kappa shape index (κ2) is 10.1. The minimum absolute atomic E-state index is 0.226. The van der Waals surface area contributed by atoms with Gasteiger partial charge in [-0.15, -0.1) is 16.4 Å². The molecule has 1 amide bonds. The van der Waals surface area contributed by atoms with Crippen molar-refractivity contribution in [2.45, 2.75) is 58.1 Å². The normalized spacial score (nSPS) is 17.6. The van der Waals surface area contributed by atoms with Gasteiger partial charge in [0.05, 0.1) is 15.9 Å². The van der Waals surface area contributed by atoms with E-state index >= 15 is 0 Å². The van der Waals surface area contributed by atoms with Gasteiger partial charge < -0.3 is 14.5 Å². The molecule has 10 heteroatoms. The summed E-state index contributed by atoms with van der Waals surface area (Å²) in [5.74, 6) is 0. The molecule has 0 bridgehead atoms. The topological polar surface area (TPSA) is 76.4 Å². The molecule has 0 unspecified atom stereocenters. The number of aromatic nitrogens is 4. The highest BCUT2D eigenvalue weighted by Gasteiger charge is 2.36. The Bertz CT molecular complexity index is 1540. The number of halogens is 1. The molecule has 0 saturated carbocycles. The molecule has 3 aromatic heterocycles. The number of thiophene rings is 1. The van der Waals surface area contributed by atoms with Crippen LogP contribution in [0.1, 0.15) is 49.7 Å². The van der Waals surface area contributed by atoms with Crippen LogP contribution in [0, 0.1) is 0 Å². The van der Waals surface area contributed by atoms with Crippen LogP contribution < -0.4 is 4.90 Å². The fourth-order valence-corrected chi connectivity index (χ4v) is 7.14. The lowest BCUT2D eigenvalue weighted by Gasteiger charge is -2.38. The van der Waals surface area contributed by atoms with Crippen LogP contribution in [0.15, 0.2) is 36.7 Å². The number of pyridine rings is 1. The Balaban J connectivity index is 1.36. The van der Waals surface area contributed by atoms with Gasteiger partial charge in [0.1, 0.15) is 5.60 Å². The Labute approximate surface area is 237 Å². The minimum Gasteiger partial charge on any atom is -0.444 e. The van der Waals surface area contributed by atoms with E-state index in [1.165, 1.54) is 16.1 Å². The highest BCUT2D eigenvalue weighted by atomic mass is 35.5. The second-order valence-electron chi connectivity index (χ2n) is 11.5. The van der Waals surface area contributed by atoms with Gasteiger partial charge in [0, 0.05) is 78.3 Å². The number of nitrogens with zero attached hydrogens (tertiary/aromatic N) is 6. The molecule has 4 aromatic rings. The molecule has 8 nitrogen and oxygen atoms in total. The van der Waals surface area contributed by atoms with Crippen molar-refractivity contribution in [2.24, 2.45) is 7.05 Å². The number of carbonyl (C=O) groups is 1. The van der Waals surface area contributed by atoms with Crippen LogP contribution in [0.3, 0.4) is 0 Å². The number of aryl methyl sites for hydroxylation is 2. The quantitative estimate of drug-likeness (QED) is 0.298. The summed E-state index contributed by atoms with van der Waals surface area (Å²) >= 11 is 8.47. The maximum absolute atomic E-state index is 12.8. The maximum Gasteiger partial charge on any atom is 0.410 e. The zero-order valence-electron chi connectivity index (χ0n) is 22.8. The highest BCUT2D eigenvalue weighted by Crippen LogP contribution is 2.45. The van der Waals surface area contributed by atoms with E-state index in [4.69, 9.17) is 16.3 Å². The first-order valence-electron chi connectivity index (χ1n) is 13.4. The van der Waals surface area contributed by atoms with Gasteiger partial charge in [-0.2, -0.15) is 0 Å². The van der Waals surface area contributed by atoms with Crippen LogP contribution in [0.4, 0.5) is 10.5 Å². The molecule has 2 aliphatic rings. The van der Waals surface area contributed by atoms with Gasteiger partial charge in [-0.1, -0.05) is 16.8 Å². The third kappa shape index (κ3) is 5.34. The Morgan fingerprint density at radius 2 is 2.05 bits per heavy atom. The Kier molecular flexibility index (Phi) is 6.75. The van der Waals surface area contributed by atoms with Gasteiger partial charge in [0.2, 0.25) is 0 Å². The number of rotatable bonds is 4. The number of hydrogen-bond acceptors (Lipinski definition) is 7. The van der Waals surface area contributed by atoms with Crippen molar-refractivity contribution in [3.05, 3.63) is 57.8 Å². The molecule has 0 spiro atoms. The van der Waals surface area contributed by atoms with Crippen molar-refractivity contribution in [3.8, 4) is 11.1 Å². The average Bonchev–Trinajstić information content (AvgIpc) is 3.61. The Morgan fingerprint density at radius 1 is 1.21 bits per heavy atom. The monoisotopic (exact) mass is 564 g/mol. The van der Waals surface area contributed by atoms with Crippen molar-refractivity contribution < 1.29 is 9.53 Å². The van der Waals surface area contributed by atoms with Crippen molar-refractivity contribution >= 4 is 44.9 Å². The third-order valence-corrected chi connectivity index (χ3v) is 8.68. The van der Waals surface area contributed by atoms with Gasteiger partial charge in [-0.25, -0.2) is 4.79 Å². The van der Waals surface area contributed by atoms with Gasteiger partial charge in [0.25, 0.3) is 0 Å². The standard InChI is InChI=1S/C29H33ClN6O2S/c1-29(2,3)38-28(37)35-11-8-21(17-35)36-10-5-6-18-12-19(30)13-24(26(18)36)23-7-9-31-25-15-22(39-27(23)25)14-20-16-34(4)33-32-20/h7,9,12-13,15-16,21H,5-6,8,10-11,14,17H2,1-4H3/t21-/m0/s1. The lowest BCUT2D eigenvalue weighted by Crippen LogP contribution is -2.43. The summed E-state index contributed by atoms with van der Waals surface area (Å²) in [6, 6.07) is 8.69. The summed E-state index contributed by atoms with van der Waals surface area (Å²) in [7, 11) is 1.88. The number of carbonyl (C=O) groups excluding carboxylic acids is 1. The van der Waals surface area contributed by atoms with E-state index in [0.717, 1.165) is 64.3 Å². The summed E-state index contributed by atoms with van der Waals surface area (Å²) in [5, 5.41) is 9.08. The molecule has 1 atom stereocenters. The van der Waals surface area contributed by atoms with E-state index in [2.05, 4.69) is 44.5 Å². The van der Waals surface area contributed by atoms with Crippen molar-refractivity contribution in [1.29, 1.82) is 0 Å². The van der Waals surface area contributed by atoms with E-state index in [1.54, 1.807) is 16.0 Å². The van der Waals surface area contributed by atoms with Gasteiger partial charge in [-0.05, 0) is 69.9 Å². The first-order valence-corrected chi connectivity index (χ1v) is 14.6. The lowest BCUT2D eigenvalue weighted by molar-refractivity contribution is 0.0292. The van der Waals surface area contributed by atoms with Crippen molar-refractivity contribution in [1.82, 2.24) is 24.9 Å². The molecule has 1 fully saturated rings. The Hall–Kier alpha value is -3.17. The average molecular weight is 565 g/mol. The molecule has 0 radical (unpaired) electrons. The zero-order valence-corrected chi connectivity index (χ0v) is 24.3. The number of amides is 1. The van der Waals surface area contributed by atoms with Gasteiger partial charge in [-0.3, -0.25) is 9.67 Å². The smallest absolute Gasteiger partial charge is 0.410 e. The van der Waals surface area contributed by atoms with Crippen LogP contribution in [-0.4, -0.2) is 62.2 Å². The van der Waals surface area contributed by atoms with Crippen LogP contribution >= 0.6 is 22.9 Å². The number of anilines is 1. The lowest BCUT2D eigenvalue weighted by atomic mass is 9.92. The van der Waals surface area contributed by atoms with Crippen LogP contribution in [0.2, 0.25) is 5.02 Å². The van der Waals surface area contributed by atoms with E-state index in [1.807, 2.05) is 45.1 Å². The van der Waals surface area contributed by atoms with E-state index in [-0.39, 0.29) is 12.1 Å². The third-order valence-electron chi connectivity index (χ3n) is 7.30. The predicted octanol–water partition coefficient (Wildman–Crippen LogP) is 6.10.